The lowest BCUT2D eigenvalue weighted by atomic mass is 10.0. The van der Waals surface area contributed by atoms with E-state index in [1.54, 1.807) is 12.1 Å². The summed E-state index contributed by atoms with van der Waals surface area (Å²) >= 11 is 0. The van der Waals surface area contributed by atoms with E-state index in [0.717, 1.165) is 109 Å². The number of ether oxygens (including phenoxy) is 1. The van der Waals surface area contributed by atoms with E-state index in [1.165, 1.54) is 6.33 Å². The Balaban J connectivity index is 0.697. The Morgan fingerprint density at radius 2 is 1.47 bits per heavy atom. The zero-order chi connectivity index (χ0) is 43.9. The zero-order valence-corrected chi connectivity index (χ0v) is 35.5. The Morgan fingerprint density at radius 1 is 0.766 bits per heavy atom. The summed E-state index contributed by atoms with van der Waals surface area (Å²) in [6.07, 6.45) is 3.46. The van der Waals surface area contributed by atoms with Crippen LogP contribution in [0, 0.1) is 0 Å². The van der Waals surface area contributed by atoms with E-state index in [0.29, 0.717) is 43.3 Å². The number of aromatic nitrogens is 2. The number of hydrogen-bond donors (Lipinski definition) is 3. The van der Waals surface area contributed by atoms with Gasteiger partial charge in [-0.1, -0.05) is 23.3 Å². The summed E-state index contributed by atoms with van der Waals surface area (Å²) in [5, 5.41) is 8.25. The highest BCUT2D eigenvalue weighted by Gasteiger charge is 2.45. The molecule has 7 heterocycles. The molecule has 0 bridgehead atoms. The van der Waals surface area contributed by atoms with Crippen molar-refractivity contribution in [1.29, 1.82) is 0 Å². The normalized spacial score (nSPS) is 22.9. The summed E-state index contributed by atoms with van der Waals surface area (Å²) in [6, 6.07) is 21.8. The molecule has 0 aliphatic carbocycles. The maximum Gasteiger partial charge on any atom is 0.320 e. The maximum atomic E-state index is 14.0. The van der Waals surface area contributed by atoms with Crippen LogP contribution in [0.25, 0.3) is 0 Å². The second-order valence-electron chi connectivity index (χ2n) is 17.2. The van der Waals surface area contributed by atoms with Crippen molar-refractivity contribution in [2.45, 2.75) is 37.8 Å². The van der Waals surface area contributed by atoms with E-state index in [2.05, 4.69) is 30.0 Å². The molecule has 0 spiro atoms. The number of benzene rings is 3. The number of anilines is 2. The topological polar surface area (TPSA) is 195 Å². The van der Waals surface area contributed by atoms with Gasteiger partial charge in [0.25, 0.3) is 17.6 Å². The molecule has 4 N–H and O–H groups in total. The molecule has 10 rings (SSSR count). The molecule has 3 atom stereocenters. The summed E-state index contributed by atoms with van der Waals surface area (Å²) < 4.78 is 6.01. The van der Waals surface area contributed by atoms with Crippen molar-refractivity contribution < 1.29 is 33.7 Å². The summed E-state index contributed by atoms with van der Waals surface area (Å²) in [5.74, 6) is 0.583. The Hall–Kier alpha value is -6.76. The van der Waals surface area contributed by atoms with Crippen LogP contribution in [0.1, 0.15) is 57.5 Å². The average Bonchev–Trinajstić information content (AvgIpc) is 3.84. The van der Waals surface area contributed by atoms with Gasteiger partial charge in [-0.15, -0.1) is 0 Å². The Kier molecular flexibility index (Phi) is 11.2. The number of para-hydroxylation sites is 1. The van der Waals surface area contributed by atoms with E-state index in [-0.39, 0.29) is 30.5 Å². The average molecular weight is 868 g/mol. The van der Waals surface area contributed by atoms with Crippen LogP contribution in [0.2, 0.25) is 0 Å². The fourth-order valence-corrected chi connectivity index (χ4v) is 9.76. The third-order valence-electron chi connectivity index (χ3n) is 13.3. The summed E-state index contributed by atoms with van der Waals surface area (Å²) in [6.45, 7) is 9.29. The van der Waals surface area contributed by atoms with Gasteiger partial charge in [-0.2, -0.15) is 9.99 Å². The molecule has 64 heavy (non-hydrogen) atoms. The van der Waals surface area contributed by atoms with Crippen LogP contribution in [0.5, 0.6) is 11.5 Å². The molecule has 18 heteroatoms. The highest BCUT2D eigenvalue weighted by atomic mass is 16.5. The van der Waals surface area contributed by atoms with Crippen molar-refractivity contribution >= 4 is 52.7 Å². The number of carbonyl (C=O) groups is 5. The van der Waals surface area contributed by atoms with Crippen molar-refractivity contribution in [2.75, 3.05) is 89.2 Å². The van der Waals surface area contributed by atoms with Crippen LogP contribution in [0.3, 0.4) is 0 Å². The molecule has 6 aliphatic heterocycles. The molecule has 0 saturated carbocycles. The minimum atomic E-state index is -0.983. The largest absolute Gasteiger partial charge is 0.457 e. The van der Waals surface area contributed by atoms with E-state index >= 15 is 0 Å². The standard InChI is InChI=1S/C46H50N12O6/c47-41-39-40(30-8-11-34(12-9-30)64-33-6-2-1-3-7-33)51-58(42(39)49-29-48-41)32-5-4-16-56(28-32)46(63)55-25-21-53(22-26-55)18-17-52-19-23-54(24-20-52)31-10-13-35-36(27-31)45(62)57(44(35)61)37-14-15-38(59)50-43(37)60/h1-3,6-13,27,29,32,37H,4-5,14-26,28H2,(H2,47,48,49)(H,50,59,60)/p+1. The number of piperidine rings is 2. The lowest BCUT2D eigenvalue weighted by Crippen LogP contribution is -3.07. The number of piperazine rings is 2. The molecule has 6 aliphatic rings. The predicted molar refractivity (Wildman–Crippen MR) is 235 cm³/mol. The number of quaternary nitrogens is 1. The van der Waals surface area contributed by atoms with E-state index in [4.69, 9.17) is 15.6 Å². The zero-order valence-electron chi connectivity index (χ0n) is 35.5. The van der Waals surface area contributed by atoms with Gasteiger partial charge in [0.05, 0.1) is 17.7 Å². The summed E-state index contributed by atoms with van der Waals surface area (Å²) in [7, 11) is 0. The van der Waals surface area contributed by atoms with Crippen LogP contribution in [-0.2, 0) is 9.59 Å². The molecule has 1 aromatic heterocycles. The van der Waals surface area contributed by atoms with Gasteiger partial charge < -0.3 is 25.2 Å². The Labute approximate surface area is 370 Å². The van der Waals surface area contributed by atoms with E-state index in [9.17, 15) is 24.0 Å². The van der Waals surface area contributed by atoms with Crippen molar-refractivity contribution in [3.05, 3.63) is 101 Å². The van der Waals surface area contributed by atoms with Crippen molar-refractivity contribution in [3.8, 4) is 11.5 Å². The third kappa shape index (κ3) is 8.03. The van der Waals surface area contributed by atoms with Crippen molar-refractivity contribution in [1.82, 2.24) is 39.8 Å². The Bertz CT molecular complexity index is 2500. The number of fused-ring (bicyclic) bond motifs is 2. The smallest absolute Gasteiger partial charge is 0.320 e. The minimum Gasteiger partial charge on any atom is -0.457 e. The summed E-state index contributed by atoms with van der Waals surface area (Å²) in [4.78, 5) is 85.7. The lowest BCUT2D eigenvalue weighted by Gasteiger charge is -2.41. The molecule has 3 unspecified atom stereocenters. The SMILES string of the molecule is Nc1ncnc2c1C(c1ccc(Oc3ccccc3)cc1)=N[NH+]2C1CCCN(C(=O)N2CCN(CCN3CCN(c4ccc5c(c4)C(=O)N(C4CCC(=O)NC4=O)C5=O)CC3)CC2)C1. The van der Waals surface area contributed by atoms with Crippen molar-refractivity contribution in [3.63, 3.8) is 0 Å². The van der Waals surface area contributed by atoms with Crippen LogP contribution in [0.15, 0.2) is 84.2 Å². The maximum absolute atomic E-state index is 14.0. The molecule has 3 aromatic carbocycles. The first-order valence-corrected chi connectivity index (χ1v) is 22.2. The number of amides is 6. The van der Waals surface area contributed by atoms with Gasteiger partial charge in [0.15, 0.2) is 0 Å². The van der Waals surface area contributed by atoms with Gasteiger partial charge in [0, 0.05) is 96.1 Å². The number of likely N-dealkylation sites (tertiary alicyclic amines) is 1. The first kappa shape index (κ1) is 41.3. The quantitative estimate of drug-likeness (QED) is 0.206. The molecule has 4 fully saturated rings. The number of rotatable bonds is 9. The molecular formula is C46H51N12O6+. The number of nitrogens with one attached hydrogen (secondary N) is 2. The summed E-state index contributed by atoms with van der Waals surface area (Å²) in [5.41, 5.74) is 10.3. The van der Waals surface area contributed by atoms with Gasteiger partial charge in [-0.05, 0) is 67.4 Å². The predicted octanol–water partition coefficient (Wildman–Crippen LogP) is 1.56. The van der Waals surface area contributed by atoms with Crippen LogP contribution >= 0.6 is 0 Å². The molecule has 4 saturated heterocycles. The van der Waals surface area contributed by atoms with Crippen molar-refractivity contribution in [2.24, 2.45) is 5.10 Å². The van der Waals surface area contributed by atoms with Crippen LogP contribution in [0.4, 0.5) is 22.1 Å². The van der Waals surface area contributed by atoms with E-state index < -0.39 is 29.7 Å². The second kappa shape index (κ2) is 17.4. The van der Waals surface area contributed by atoms with E-state index in [1.807, 2.05) is 70.5 Å². The van der Waals surface area contributed by atoms with Gasteiger partial charge in [0.1, 0.15) is 47.0 Å². The number of hydrogen-bond acceptors (Lipinski definition) is 13. The van der Waals surface area contributed by atoms with Gasteiger partial charge in [-0.3, -0.25) is 39.2 Å². The minimum absolute atomic E-state index is 0.00966. The molecule has 330 valence electrons. The van der Waals surface area contributed by atoms with Gasteiger partial charge in [-0.25, -0.2) is 9.78 Å². The fourth-order valence-electron chi connectivity index (χ4n) is 9.76. The number of nitrogen functional groups attached to an aromatic ring is 1. The highest BCUT2D eigenvalue weighted by Crippen LogP contribution is 2.32. The molecule has 18 nitrogen and oxygen atoms in total. The molecular weight excluding hydrogens is 817 g/mol. The second-order valence-corrected chi connectivity index (χ2v) is 17.2. The van der Waals surface area contributed by atoms with Gasteiger partial charge in [0.2, 0.25) is 11.8 Å². The monoisotopic (exact) mass is 867 g/mol. The van der Waals surface area contributed by atoms with Crippen LogP contribution < -0.4 is 25.7 Å². The number of carbonyl (C=O) groups excluding carboxylic acids is 5. The Morgan fingerprint density at radius 3 is 2.20 bits per heavy atom. The molecule has 6 amide bonds. The first-order valence-electron chi connectivity index (χ1n) is 22.2. The molecule has 4 aromatic rings. The number of imide groups is 2. The third-order valence-corrected chi connectivity index (χ3v) is 13.3. The fraction of sp³-hybridized carbons (Fsp3) is 0.391. The molecule has 0 radical (unpaired) electrons. The van der Waals surface area contributed by atoms with Gasteiger partial charge >= 0.3 is 6.03 Å². The number of nitrogens with two attached hydrogens (primary N) is 1. The highest BCUT2D eigenvalue weighted by molar-refractivity contribution is 6.24. The van der Waals surface area contributed by atoms with Crippen LogP contribution in [-0.4, -0.2) is 160 Å². The number of nitrogens with zero attached hydrogens (tertiary/aromatic N) is 9. The lowest BCUT2D eigenvalue weighted by molar-refractivity contribution is -0.868. The number of urea groups is 1. The first-order chi connectivity index (χ1) is 31.2.